The molecule has 4 nitrogen and oxygen atoms in total. The van der Waals surface area contributed by atoms with E-state index in [-0.39, 0.29) is 30.6 Å². The summed E-state index contributed by atoms with van der Waals surface area (Å²) in [5, 5.41) is 5.28. The van der Waals surface area contributed by atoms with E-state index in [1.807, 2.05) is 19.1 Å². The number of hydrogen-bond acceptors (Lipinski definition) is 2. The normalized spacial score (nSPS) is 10.2. The molecule has 126 valence electrons. The number of aryl methyl sites for hydroxylation is 1. The van der Waals surface area contributed by atoms with Crippen LogP contribution in [-0.4, -0.2) is 24.9 Å². The summed E-state index contributed by atoms with van der Waals surface area (Å²) >= 11 is 0. The average Bonchev–Trinajstić information content (AvgIpc) is 2.57. The van der Waals surface area contributed by atoms with E-state index < -0.39 is 0 Å². The summed E-state index contributed by atoms with van der Waals surface area (Å²) in [6.45, 7) is 2.55. The Hall–Kier alpha value is -2.69. The lowest BCUT2D eigenvalue weighted by Gasteiger charge is -2.08. The van der Waals surface area contributed by atoms with Gasteiger partial charge in [0.05, 0.1) is 0 Å². The molecule has 0 aliphatic heterocycles. The van der Waals surface area contributed by atoms with E-state index in [1.165, 1.54) is 6.07 Å². The summed E-state index contributed by atoms with van der Waals surface area (Å²) in [6.07, 6.45) is 0.659. The number of carbonyl (C=O) groups excluding carboxylic acids is 2. The van der Waals surface area contributed by atoms with Crippen molar-refractivity contribution in [1.82, 2.24) is 10.6 Å². The second kappa shape index (κ2) is 8.82. The fourth-order valence-corrected chi connectivity index (χ4v) is 2.25. The van der Waals surface area contributed by atoms with Crippen molar-refractivity contribution < 1.29 is 14.0 Å². The van der Waals surface area contributed by atoms with E-state index in [2.05, 4.69) is 10.6 Å². The van der Waals surface area contributed by atoms with Crippen LogP contribution < -0.4 is 10.6 Å². The first-order valence-electron chi connectivity index (χ1n) is 7.91. The summed E-state index contributed by atoms with van der Waals surface area (Å²) in [5.41, 5.74) is 2.30. The Bertz CT molecular complexity index is 699. The number of halogens is 1. The predicted molar refractivity (Wildman–Crippen MR) is 91.6 cm³/mol. The van der Waals surface area contributed by atoms with Crippen molar-refractivity contribution in [3.05, 3.63) is 71.0 Å². The fourth-order valence-electron chi connectivity index (χ4n) is 2.25. The van der Waals surface area contributed by atoms with Gasteiger partial charge in [0.1, 0.15) is 5.82 Å². The molecule has 2 aromatic rings. The van der Waals surface area contributed by atoms with Crippen LogP contribution in [0.25, 0.3) is 0 Å². The van der Waals surface area contributed by atoms with Crippen molar-refractivity contribution in [1.29, 1.82) is 0 Å². The molecule has 0 heterocycles. The molecule has 0 aromatic heterocycles. The summed E-state index contributed by atoms with van der Waals surface area (Å²) in [6, 6.07) is 13.5. The maximum atomic E-state index is 13.4. The summed E-state index contributed by atoms with van der Waals surface area (Å²) in [7, 11) is 0. The highest BCUT2D eigenvalue weighted by atomic mass is 19.1. The summed E-state index contributed by atoms with van der Waals surface area (Å²) < 4.78 is 13.4. The number of hydrogen-bond donors (Lipinski definition) is 2. The van der Waals surface area contributed by atoms with Gasteiger partial charge in [-0.05, 0) is 25.0 Å². The molecule has 0 saturated carbocycles. The van der Waals surface area contributed by atoms with E-state index >= 15 is 0 Å². The molecular weight excluding hydrogens is 307 g/mol. The number of amides is 2. The smallest absolute Gasteiger partial charge is 0.314 e. The number of Topliss-reactive ketones (excluding diaryl/α,β-unsaturated/α-hetero) is 1. The maximum absolute atomic E-state index is 13.4. The average molecular weight is 328 g/mol. The first-order valence-corrected chi connectivity index (χ1v) is 7.91. The molecule has 2 amide bonds. The summed E-state index contributed by atoms with van der Waals surface area (Å²) in [5.74, 6) is -0.287. The van der Waals surface area contributed by atoms with Crippen molar-refractivity contribution in [3.63, 3.8) is 0 Å². The zero-order valence-electron chi connectivity index (χ0n) is 13.6. The Morgan fingerprint density at radius 1 is 0.958 bits per heavy atom. The van der Waals surface area contributed by atoms with Crippen LogP contribution in [0.15, 0.2) is 48.5 Å². The van der Waals surface area contributed by atoms with Gasteiger partial charge in [-0.2, -0.15) is 0 Å². The number of ketones is 1. The quantitative estimate of drug-likeness (QED) is 0.767. The third-order valence-electron chi connectivity index (χ3n) is 3.65. The largest absolute Gasteiger partial charge is 0.338 e. The maximum Gasteiger partial charge on any atom is 0.314 e. The van der Waals surface area contributed by atoms with Crippen molar-refractivity contribution in [2.75, 3.05) is 13.1 Å². The van der Waals surface area contributed by atoms with Gasteiger partial charge >= 0.3 is 6.03 Å². The van der Waals surface area contributed by atoms with Crippen LogP contribution >= 0.6 is 0 Å². The molecule has 0 spiro atoms. The summed E-state index contributed by atoms with van der Waals surface area (Å²) in [4.78, 5) is 23.6. The molecule has 5 heteroatoms. The van der Waals surface area contributed by atoms with Crippen LogP contribution in [0.1, 0.15) is 27.9 Å². The predicted octanol–water partition coefficient (Wildman–Crippen LogP) is 3.25. The van der Waals surface area contributed by atoms with Gasteiger partial charge in [0.25, 0.3) is 0 Å². The Kier molecular flexibility index (Phi) is 6.49. The zero-order valence-corrected chi connectivity index (χ0v) is 13.6. The van der Waals surface area contributed by atoms with Crippen LogP contribution in [0, 0.1) is 12.7 Å². The highest BCUT2D eigenvalue weighted by Crippen LogP contribution is 2.06. The molecule has 0 aliphatic rings. The molecule has 0 fully saturated rings. The molecule has 0 bridgehead atoms. The van der Waals surface area contributed by atoms with Crippen LogP contribution in [0.5, 0.6) is 0 Å². The molecule has 0 unspecified atom stereocenters. The fraction of sp³-hybridized carbons (Fsp3) is 0.263. The third kappa shape index (κ3) is 5.50. The van der Waals surface area contributed by atoms with Gasteiger partial charge in [-0.3, -0.25) is 4.79 Å². The van der Waals surface area contributed by atoms with E-state index in [0.29, 0.717) is 24.1 Å². The second-order valence-corrected chi connectivity index (χ2v) is 5.56. The first kappa shape index (κ1) is 17.7. The molecule has 2 N–H and O–H groups in total. The Morgan fingerprint density at radius 2 is 1.62 bits per heavy atom. The standard InChI is InChI=1S/C19H21FN2O2/c1-14-6-8-16(9-7-14)18(23)11-13-22-19(24)21-12-10-15-4-2-3-5-17(15)20/h2-9H,10-13H2,1H3,(H2,21,22,24). The van der Waals surface area contributed by atoms with Gasteiger partial charge in [-0.15, -0.1) is 0 Å². The van der Waals surface area contributed by atoms with Gasteiger partial charge in [0.15, 0.2) is 5.78 Å². The number of benzene rings is 2. The number of carbonyl (C=O) groups is 2. The molecule has 0 aliphatic carbocycles. The highest BCUT2D eigenvalue weighted by Gasteiger charge is 2.07. The molecule has 2 aromatic carbocycles. The Labute approximate surface area is 141 Å². The third-order valence-corrected chi connectivity index (χ3v) is 3.65. The van der Waals surface area contributed by atoms with Gasteiger partial charge < -0.3 is 10.6 Å². The molecule has 2 rings (SSSR count). The lowest BCUT2D eigenvalue weighted by atomic mass is 10.1. The molecule has 0 atom stereocenters. The number of nitrogens with one attached hydrogen (secondary N) is 2. The number of rotatable bonds is 7. The van der Waals surface area contributed by atoms with E-state index in [4.69, 9.17) is 0 Å². The van der Waals surface area contributed by atoms with Crippen molar-refractivity contribution in [2.24, 2.45) is 0 Å². The minimum Gasteiger partial charge on any atom is -0.338 e. The number of urea groups is 1. The highest BCUT2D eigenvalue weighted by molar-refractivity contribution is 5.96. The zero-order chi connectivity index (χ0) is 17.4. The van der Waals surface area contributed by atoms with Crippen LogP contribution in [0.3, 0.4) is 0 Å². The molecule has 0 radical (unpaired) electrons. The van der Waals surface area contributed by atoms with Gasteiger partial charge in [-0.1, -0.05) is 48.0 Å². The van der Waals surface area contributed by atoms with Gasteiger partial charge in [-0.25, -0.2) is 9.18 Å². The van der Waals surface area contributed by atoms with Crippen LogP contribution in [0.4, 0.5) is 9.18 Å². The molecular formula is C19H21FN2O2. The van der Waals surface area contributed by atoms with E-state index in [1.54, 1.807) is 30.3 Å². The minimum absolute atomic E-state index is 0.0124. The van der Waals surface area contributed by atoms with Crippen molar-refractivity contribution in [2.45, 2.75) is 19.8 Å². The van der Waals surface area contributed by atoms with Gasteiger partial charge in [0, 0.05) is 25.1 Å². The van der Waals surface area contributed by atoms with E-state index in [9.17, 15) is 14.0 Å². The second-order valence-electron chi connectivity index (χ2n) is 5.56. The Morgan fingerprint density at radius 3 is 2.33 bits per heavy atom. The first-order chi connectivity index (χ1) is 11.6. The van der Waals surface area contributed by atoms with Crippen molar-refractivity contribution in [3.8, 4) is 0 Å². The van der Waals surface area contributed by atoms with E-state index in [0.717, 1.165) is 5.56 Å². The van der Waals surface area contributed by atoms with Crippen LogP contribution in [0.2, 0.25) is 0 Å². The lowest BCUT2D eigenvalue weighted by molar-refractivity contribution is 0.0983. The Balaban J connectivity index is 1.65. The monoisotopic (exact) mass is 328 g/mol. The lowest BCUT2D eigenvalue weighted by Crippen LogP contribution is -2.37. The molecule has 24 heavy (non-hydrogen) atoms. The van der Waals surface area contributed by atoms with Gasteiger partial charge in [0.2, 0.25) is 0 Å². The topological polar surface area (TPSA) is 58.2 Å². The SMILES string of the molecule is Cc1ccc(C(=O)CCNC(=O)NCCc2ccccc2F)cc1. The van der Waals surface area contributed by atoms with Crippen LogP contribution in [-0.2, 0) is 6.42 Å². The van der Waals surface area contributed by atoms with Crippen molar-refractivity contribution >= 4 is 11.8 Å². The molecule has 0 saturated heterocycles. The minimum atomic E-state index is -0.358.